The Morgan fingerprint density at radius 3 is 2.63 bits per heavy atom. The van der Waals surface area contributed by atoms with Gasteiger partial charge in [0.15, 0.2) is 11.5 Å². The fraction of sp³-hybridized carbons (Fsp3) is 0.600. The van der Waals surface area contributed by atoms with Crippen molar-refractivity contribution in [1.29, 1.82) is 0 Å². The number of hydrogen-bond donors (Lipinski definition) is 1. The van der Waals surface area contributed by atoms with E-state index in [1.165, 1.54) is 12.0 Å². The van der Waals surface area contributed by atoms with Gasteiger partial charge in [-0.1, -0.05) is 6.07 Å². The van der Waals surface area contributed by atoms with Crippen molar-refractivity contribution < 1.29 is 9.47 Å². The van der Waals surface area contributed by atoms with Crippen molar-refractivity contribution in [3.8, 4) is 11.5 Å². The minimum atomic E-state index is 0.403. The Morgan fingerprint density at radius 1 is 1.11 bits per heavy atom. The van der Waals surface area contributed by atoms with E-state index in [0.29, 0.717) is 6.04 Å². The van der Waals surface area contributed by atoms with Crippen LogP contribution in [0, 0.1) is 0 Å². The minimum absolute atomic E-state index is 0.403. The van der Waals surface area contributed by atoms with E-state index in [9.17, 15) is 0 Å². The average Bonchev–Trinajstić information content (AvgIpc) is 2.74. The van der Waals surface area contributed by atoms with Gasteiger partial charge in [0.2, 0.25) is 0 Å². The maximum absolute atomic E-state index is 5.38. The molecule has 1 heterocycles. The number of methoxy groups -OCH3 is 2. The van der Waals surface area contributed by atoms with E-state index in [1.54, 1.807) is 14.2 Å². The molecule has 1 N–H and O–H groups in total. The highest BCUT2D eigenvalue weighted by Crippen LogP contribution is 2.31. The molecule has 4 heteroatoms. The van der Waals surface area contributed by atoms with Crippen LogP contribution in [0.2, 0.25) is 0 Å². The first-order valence-electron chi connectivity index (χ1n) is 6.93. The first kappa shape index (κ1) is 14.2. The lowest BCUT2D eigenvalue weighted by atomic mass is 10.1. The van der Waals surface area contributed by atoms with Gasteiger partial charge in [0.1, 0.15) is 0 Å². The van der Waals surface area contributed by atoms with Crippen LogP contribution < -0.4 is 14.8 Å². The zero-order valence-electron chi connectivity index (χ0n) is 12.1. The fourth-order valence-corrected chi connectivity index (χ4v) is 2.58. The lowest BCUT2D eigenvalue weighted by Gasteiger charge is -2.28. The van der Waals surface area contributed by atoms with Crippen molar-refractivity contribution in [3.05, 3.63) is 23.8 Å². The first-order chi connectivity index (χ1) is 9.26. The van der Waals surface area contributed by atoms with Crippen molar-refractivity contribution in [2.45, 2.75) is 19.4 Å². The number of nitrogens with one attached hydrogen (secondary N) is 1. The van der Waals surface area contributed by atoms with E-state index < -0.39 is 0 Å². The van der Waals surface area contributed by atoms with Crippen molar-refractivity contribution in [2.24, 2.45) is 0 Å². The SMILES string of the molecule is COc1ccc(C(C)N2CCCNCC2)cc1OC. The molecule has 1 aliphatic rings. The molecular weight excluding hydrogens is 240 g/mol. The topological polar surface area (TPSA) is 33.7 Å². The Labute approximate surface area is 115 Å². The van der Waals surface area contributed by atoms with E-state index in [0.717, 1.165) is 37.7 Å². The minimum Gasteiger partial charge on any atom is -0.493 e. The highest BCUT2D eigenvalue weighted by Gasteiger charge is 2.18. The summed E-state index contributed by atoms with van der Waals surface area (Å²) in [5, 5.41) is 3.44. The average molecular weight is 264 g/mol. The number of nitrogens with zero attached hydrogens (tertiary/aromatic N) is 1. The van der Waals surface area contributed by atoms with Gasteiger partial charge in [-0.25, -0.2) is 0 Å². The molecule has 0 aromatic heterocycles. The summed E-state index contributed by atoms with van der Waals surface area (Å²) in [6.07, 6.45) is 1.21. The fourth-order valence-electron chi connectivity index (χ4n) is 2.58. The van der Waals surface area contributed by atoms with Gasteiger partial charge >= 0.3 is 0 Å². The van der Waals surface area contributed by atoms with Crippen LogP contribution in [-0.2, 0) is 0 Å². The predicted molar refractivity (Wildman–Crippen MR) is 77.0 cm³/mol. The van der Waals surface area contributed by atoms with Crippen molar-refractivity contribution in [3.63, 3.8) is 0 Å². The summed E-state index contributed by atoms with van der Waals surface area (Å²) in [6, 6.07) is 6.60. The summed E-state index contributed by atoms with van der Waals surface area (Å²) in [7, 11) is 3.35. The molecular formula is C15H24N2O2. The van der Waals surface area contributed by atoms with E-state index in [2.05, 4.69) is 29.3 Å². The largest absolute Gasteiger partial charge is 0.493 e. The number of ether oxygens (including phenoxy) is 2. The first-order valence-corrected chi connectivity index (χ1v) is 6.93. The molecule has 1 aromatic carbocycles. The highest BCUT2D eigenvalue weighted by atomic mass is 16.5. The summed E-state index contributed by atoms with van der Waals surface area (Å²) >= 11 is 0. The summed E-state index contributed by atoms with van der Waals surface area (Å²) in [5.41, 5.74) is 1.28. The third-order valence-corrected chi connectivity index (χ3v) is 3.81. The lowest BCUT2D eigenvalue weighted by molar-refractivity contribution is 0.224. The van der Waals surface area contributed by atoms with Crippen LogP contribution in [0.3, 0.4) is 0 Å². The Bertz CT molecular complexity index is 401. The molecule has 0 aliphatic carbocycles. The molecule has 1 aliphatic heterocycles. The maximum Gasteiger partial charge on any atom is 0.161 e. The lowest BCUT2D eigenvalue weighted by Crippen LogP contribution is -2.30. The molecule has 106 valence electrons. The van der Waals surface area contributed by atoms with Crippen LogP contribution in [0.4, 0.5) is 0 Å². The summed E-state index contributed by atoms with van der Waals surface area (Å²) in [6.45, 7) is 6.68. The molecule has 4 nitrogen and oxygen atoms in total. The van der Waals surface area contributed by atoms with E-state index in [4.69, 9.17) is 9.47 Å². The zero-order valence-corrected chi connectivity index (χ0v) is 12.1. The second-order valence-electron chi connectivity index (χ2n) is 4.93. The van der Waals surface area contributed by atoms with Gasteiger partial charge in [0.05, 0.1) is 14.2 Å². The normalized spacial score (nSPS) is 18.7. The zero-order chi connectivity index (χ0) is 13.7. The number of rotatable bonds is 4. The monoisotopic (exact) mass is 264 g/mol. The molecule has 0 spiro atoms. The molecule has 1 unspecified atom stereocenters. The molecule has 0 saturated carbocycles. The van der Waals surface area contributed by atoms with Gasteiger partial charge in [0.25, 0.3) is 0 Å². The molecule has 1 aromatic rings. The van der Waals surface area contributed by atoms with Crippen LogP contribution in [0.25, 0.3) is 0 Å². The third-order valence-electron chi connectivity index (χ3n) is 3.81. The quantitative estimate of drug-likeness (QED) is 0.902. The van der Waals surface area contributed by atoms with Crippen LogP contribution >= 0.6 is 0 Å². The van der Waals surface area contributed by atoms with E-state index in [1.807, 2.05) is 6.07 Å². The second kappa shape index (κ2) is 6.78. The van der Waals surface area contributed by atoms with Crippen LogP contribution in [0.5, 0.6) is 11.5 Å². The highest BCUT2D eigenvalue weighted by molar-refractivity contribution is 5.43. The van der Waals surface area contributed by atoms with Crippen molar-refractivity contribution in [2.75, 3.05) is 40.4 Å². The smallest absolute Gasteiger partial charge is 0.161 e. The molecule has 0 radical (unpaired) electrons. The van der Waals surface area contributed by atoms with Gasteiger partial charge in [-0.15, -0.1) is 0 Å². The van der Waals surface area contributed by atoms with E-state index >= 15 is 0 Å². The van der Waals surface area contributed by atoms with Crippen LogP contribution in [0.15, 0.2) is 18.2 Å². The standard InChI is InChI=1S/C15H24N2O2/c1-12(17-9-4-7-16-8-10-17)13-5-6-14(18-2)15(11-13)19-3/h5-6,11-12,16H,4,7-10H2,1-3H3. The summed E-state index contributed by atoms with van der Waals surface area (Å²) < 4.78 is 10.7. The second-order valence-corrected chi connectivity index (χ2v) is 4.93. The van der Waals surface area contributed by atoms with E-state index in [-0.39, 0.29) is 0 Å². The van der Waals surface area contributed by atoms with Crippen LogP contribution in [0.1, 0.15) is 24.9 Å². The Kier molecular flexibility index (Phi) is 5.05. The van der Waals surface area contributed by atoms with Gasteiger partial charge in [-0.05, 0) is 44.1 Å². The Balaban J connectivity index is 2.15. The molecule has 19 heavy (non-hydrogen) atoms. The van der Waals surface area contributed by atoms with Crippen molar-refractivity contribution in [1.82, 2.24) is 10.2 Å². The summed E-state index contributed by atoms with van der Waals surface area (Å²) in [5.74, 6) is 1.59. The molecule has 1 saturated heterocycles. The molecule has 0 amide bonds. The van der Waals surface area contributed by atoms with Gasteiger partial charge in [-0.3, -0.25) is 4.90 Å². The van der Waals surface area contributed by atoms with Gasteiger partial charge < -0.3 is 14.8 Å². The molecule has 2 rings (SSSR count). The maximum atomic E-state index is 5.38. The third kappa shape index (κ3) is 3.39. The predicted octanol–water partition coefficient (Wildman–Crippen LogP) is 2.06. The number of benzene rings is 1. The molecule has 1 atom stereocenters. The Hall–Kier alpha value is -1.26. The Morgan fingerprint density at radius 2 is 1.89 bits per heavy atom. The number of hydrogen-bond acceptors (Lipinski definition) is 4. The van der Waals surface area contributed by atoms with Gasteiger partial charge in [-0.2, -0.15) is 0 Å². The van der Waals surface area contributed by atoms with Crippen LogP contribution in [-0.4, -0.2) is 45.3 Å². The summed E-state index contributed by atoms with van der Waals surface area (Å²) in [4.78, 5) is 2.52. The van der Waals surface area contributed by atoms with Crippen molar-refractivity contribution >= 4 is 0 Å². The van der Waals surface area contributed by atoms with Gasteiger partial charge in [0, 0.05) is 19.1 Å². The molecule has 1 fully saturated rings. The molecule has 0 bridgehead atoms.